The Kier molecular flexibility index (Phi) is 4.85. The molecule has 1 N–H and O–H groups in total. The maximum atomic E-state index is 11.4. The number of hydrogen-bond donors (Lipinski definition) is 1. The Labute approximate surface area is 98.4 Å². The highest BCUT2D eigenvalue weighted by Gasteiger charge is 2.06. The fraction of sp³-hybridized carbons (Fsp3) is 0.273. The van der Waals surface area contributed by atoms with Gasteiger partial charge in [0.05, 0.1) is 5.69 Å². The third-order valence-electron chi connectivity index (χ3n) is 1.79. The largest absolute Gasteiger partial charge is 0.456 e. The molecule has 1 aromatic rings. The Morgan fingerprint density at radius 1 is 1.38 bits per heavy atom. The molecule has 0 fully saturated rings. The lowest BCUT2D eigenvalue weighted by atomic mass is 10.3. The third-order valence-corrected chi connectivity index (χ3v) is 2.58. The zero-order chi connectivity index (χ0) is 12.0. The summed E-state index contributed by atoms with van der Waals surface area (Å²) >= 11 is 1.54. The number of benzene rings is 1. The molecular formula is C11H13NO3S. The molecule has 0 aromatic heterocycles. The normalized spacial score (nSPS) is 9.62. The van der Waals surface area contributed by atoms with Crippen LogP contribution in [0.1, 0.15) is 6.92 Å². The van der Waals surface area contributed by atoms with Crippen LogP contribution in [0, 0.1) is 0 Å². The molecule has 0 unspecified atom stereocenters. The van der Waals surface area contributed by atoms with E-state index in [1.807, 2.05) is 24.5 Å². The summed E-state index contributed by atoms with van der Waals surface area (Å²) in [5.74, 6) is -0.801. The number of ether oxygens (including phenoxy) is 1. The van der Waals surface area contributed by atoms with Crippen molar-refractivity contribution in [1.82, 2.24) is 0 Å². The van der Waals surface area contributed by atoms with Crippen molar-refractivity contribution in [2.45, 2.75) is 11.8 Å². The van der Waals surface area contributed by atoms with E-state index in [0.717, 1.165) is 10.6 Å². The second-order valence-corrected chi connectivity index (χ2v) is 3.88. The van der Waals surface area contributed by atoms with Gasteiger partial charge in [-0.25, -0.2) is 0 Å². The molecule has 0 aliphatic heterocycles. The average molecular weight is 239 g/mol. The van der Waals surface area contributed by atoms with Crippen LogP contribution in [-0.2, 0) is 14.3 Å². The number of amides is 1. The van der Waals surface area contributed by atoms with Crippen molar-refractivity contribution in [2.75, 3.05) is 18.2 Å². The van der Waals surface area contributed by atoms with Gasteiger partial charge in [0, 0.05) is 11.8 Å². The molecule has 0 spiro atoms. The first-order valence-electron chi connectivity index (χ1n) is 4.69. The predicted octanol–water partition coefficient (Wildman–Crippen LogP) is 1.91. The molecule has 16 heavy (non-hydrogen) atoms. The van der Waals surface area contributed by atoms with Crippen molar-refractivity contribution >= 4 is 29.3 Å². The standard InChI is InChI=1S/C11H13NO3S/c1-8(13)15-7-11(14)12-9-5-3-4-6-10(9)16-2/h3-6H,7H2,1-2H3,(H,12,14). The highest BCUT2D eigenvalue weighted by atomic mass is 32.2. The fourth-order valence-electron chi connectivity index (χ4n) is 1.10. The van der Waals surface area contributed by atoms with Crippen LogP contribution in [0.2, 0.25) is 0 Å². The predicted molar refractivity (Wildman–Crippen MR) is 63.5 cm³/mol. The van der Waals surface area contributed by atoms with Crippen LogP contribution in [0.25, 0.3) is 0 Å². The van der Waals surface area contributed by atoms with Gasteiger partial charge in [-0.05, 0) is 18.4 Å². The zero-order valence-corrected chi connectivity index (χ0v) is 9.97. The van der Waals surface area contributed by atoms with Crippen LogP contribution >= 0.6 is 11.8 Å². The van der Waals surface area contributed by atoms with Crippen LogP contribution in [0.15, 0.2) is 29.2 Å². The zero-order valence-electron chi connectivity index (χ0n) is 9.15. The lowest BCUT2D eigenvalue weighted by Gasteiger charge is -2.08. The van der Waals surface area contributed by atoms with E-state index in [0.29, 0.717) is 0 Å². The molecule has 1 rings (SSSR count). The smallest absolute Gasteiger partial charge is 0.303 e. The Bertz CT molecular complexity index is 393. The Morgan fingerprint density at radius 2 is 2.06 bits per heavy atom. The summed E-state index contributed by atoms with van der Waals surface area (Å²) < 4.78 is 4.59. The Balaban J connectivity index is 2.58. The van der Waals surface area contributed by atoms with Crippen molar-refractivity contribution in [3.05, 3.63) is 24.3 Å². The van der Waals surface area contributed by atoms with Crippen LogP contribution in [0.3, 0.4) is 0 Å². The second kappa shape index (κ2) is 6.17. The lowest BCUT2D eigenvalue weighted by Crippen LogP contribution is -2.20. The number of rotatable bonds is 4. The number of para-hydroxylation sites is 1. The topological polar surface area (TPSA) is 55.4 Å². The number of nitrogens with one attached hydrogen (secondary N) is 1. The minimum absolute atomic E-state index is 0.252. The van der Waals surface area contributed by atoms with E-state index in [1.165, 1.54) is 18.7 Å². The van der Waals surface area contributed by atoms with Crippen LogP contribution in [0.5, 0.6) is 0 Å². The minimum atomic E-state index is -0.465. The highest BCUT2D eigenvalue weighted by molar-refractivity contribution is 7.98. The molecule has 1 aromatic carbocycles. The van der Waals surface area contributed by atoms with Crippen molar-refractivity contribution in [3.63, 3.8) is 0 Å². The van der Waals surface area contributed by atoms with Crippen LogP contribution in [0.4, 0.5) is 5.69 Å². The molecule has 4 nitrogen and oxygen atoms in total. The highest BCUT2D eigenvalue weighted by Crippen LogP contribution is 2.24. The molecule has 0 saturated carbocycles. The van der Waals surface area contributed by atoms with Crippen LogP contribution in [-0.4, -0.2) is 24.7 Å². The molecule has 0 bridgehead atoms. The SMILES string of the molecule is CSc1ccccc1NC(=O)COC(C)=O. The van der Waals surface area contributed by atoms with E-state index in [2.05, 4.69) is 10.1 Å². The lowest BCUT2D eigenvalue weighted by molar-refractivity contribution is -0.144. The maximum Gasteiger partial charge on any atom is 0.303 e. The monoisotopic (exact) mass is 239 g/mol. The van der Waals surface area contributed by atoms with E-state index < -0.39 is 5.97 Å². The number of thioether (sulfide) groups is 1. The van der Waals surface area contributed by atoms with Gasteiger partial charge >= 0.3 is 5.97 Å². The first-order chi connectivity index (χ1) is 7.63. The van der Waals surface area contributed by atoms with Gasteiger partial charge in [-0.2, -0.15) is 0 Å². The first-order valence-corrected chi connectivity index (χ1v) is 5.92. The van der Waals surface area contributed by atoms with E-state index in [4.69, 9.17) is 0 Å². The van der Waals surface area contributed by atoms with E-state index in [-0.39, 0.29) is 12.5 Å². The van der Waals surface area contributed by atoms with Gasteiger partial charge in [-0.15, -0.1) is 11.8 Å². The molecule has 86 valence electrons. The van der Waals surface area contributed by atoms with Gasteiger partial charge in [0.2, 0.25) is 0 Å². The number of carbonyl (C=O) groups is 2. The summed E-state index contributed by atoms with van der Waals surface area (Å²) in [6.45, 7) is 1.02. The molecule has 0 radical (unpaired) electrons. The van der Waals surface area contributed by atoms with Crippen molar-refractivity contribution in [1.29, 1.82) is 0 Å². The molecular weight excluding hydrogens is 226 g/mol. The fourth-order valence-corrected chi connectivity index (χ4v) is 1.66. The Hall–Kier alpha value is -1.49. The maximum absolute atomic E-state index is 11.4. The second-order valence-electron chi connectivity index (χ2n) is 3.03. The van der Waals surface area contributed by atoms with Crippen LogP contribution < -0.4 is 5.32 Å². The number of esters is 1. The summed E-state index contributed by atoms with van der Waals surface area (Å²) in [5.41, 5.74) is 0.729. The third kappa shape index (κ3) is 3.94. The van der Waals surface area contributed by atoms with Gasteiger partial charge in [0.15, 0.2) is 6.61 Å². The van der Waals surface area contributed by atoms with Crippen molar-refractivity contribution in [2.24, 2.45) is 0 Å². The summed E-state index contributed by atoms with van der Waals surface area (Å²) in [7, 11) is 0. The molecule has 0 heterocycles. The quantitative estimate of drug-likeness (QED) is 0.644. The average Bonchev–Trinajstić information content (AvgIpc) is 2.27. The molecule has 0 aliphatic rings. The summed E-state index contributed by atoms with van der Waals surface area (Å²) in [6.07, 6.45) is 1.93. The number of anilines is 1. The van der Waals surface area contributed by atoms with Gasteiger partial charge in [0.25, 0.3) is 5.91 Å². The van der Waals surface area contributed by atoms with Gasteiger partial charge in [-0.1, -0.05) is 12.1 Å². The molecule has 1 amide bonds. The molecule has 0 saturated heterocycles. The minimum Gasteiger partial charge on any atom is -0.456 e. The van der Waals surface area contributed by atoms with Gasteiger partial charge in [0.1, 0.15) is 0 Å². The van der Waals surface area contributed by atoms with E-state index in [9.17, 15) is 9.59 Å². The van der Waals surface area contributed by atoms with Gasteiger partial charge < -0.3 is 10.1 Å². The summed E-state index contributed by atoms with van der Waals surface area (Å²) in [4.78, 5) is 22.9. The number of carbonyl (C=O) groups excluding carboxylic acids is 2. The van der Waals surface area contributed by atoms with E-state index >= 15 is 0 Å². The summed E-state index contributed by atoms with van der Waals surface area (Å²) in [6, 6.07) is 7.44. The van der Waals surface area contributed by atoms with Gasteiger partial charge in [-0.3, -0.25) is 9.59 Å². The first kappa shape index (κ1) is 12.6. The molecule has 5 heteroatoms. The van der Waals surface area contributed by atoms with Crippen molar-refractivity contribution < 1.29 is 14.3 Å². The molecule has 0 aliphatic carbocycles. The summed E-state index contributed by atoms with van der Waals surface area (Å²) in [5, 5.41) is 2.68. The van der Waals surface area contributed by atoms with E-state index in [1.54, 1.807) is 6.07 Å². The Morgan fingerprint density at radius 3 is 2.69 bits per heavy atom. The number of hydrogen-bond acceptors (Lipinski definition) is 4. The van der Waals surface area contributed by atoms with Crippen molar-refractivity contribution in [3.8, 4) is 0 Å². The molecule has 0 atom stereocenters.